The molecule has 3 amide bonds. The maximum Gasteiger partial charge on any atom is 0.319 e. The fourth-order valence-corrected chi connectivity index (χ4v) is 2.48. The van der Waals surface area contributed by atoms with E-state index < -0.39 is 0 Å². The first kappa shape index (κ1) is 18.2. The lowest BCUT2D eigenvalue weighted by Gasteiger charge is -2.26. The van der Waals surface area contributed by atoms with E-state index in [9.17, 15) is 9.59 Å². The Balaban J connectivity index is 1.83. The summed E-state index contributed by atoms with van der Waals surface area (Å²) in [5.74, 6) is -0.145. The number of nitrogens with one attached hydrogen (secondary N) is 3. The molecule has 0 atom stereocenters. The largest absolute Gasteiger partial charge is 0.379 e. The Labute approximate surface area is 142 Å². The van der Waals surface area contributed by atoms with Gasteiger partial charge in [0.1, 0.15) is 0 Å². The van der Waals surface area contributed by atoms with Crippen LogP contribution < -0.4 is 16.0 Å². The van der Waals surface area contributed by atoms with Crippen LogP contribution in [0.4, 0.5) is 10.5 Å². The molecule has 1 fully saturated rings. The summed E-state index contributed by atoms with van der Waals surface area (Å²) in [7, 11) is 0. The highest BCUT2D eigenvalue weighted by atomic mass is 16.5. The monoisotopic (exact) mass is 334 g/mol. The van der Waals surface area contributed by atoms with E-state index in [1.54, 1.807) is 12.1 Å². The highest BCUT2D eigenvalue weighted by Gasteiger charge is 2.11. The molecule has 132 valence electrons. The molecule has 0 aromatic heterocycles. The second kappa shape index (κ2) is 9.24. The zero-order valence-electron chi connectivity index (χ0n) is 14.4. The van der Waals surface area contributed by atoms with Gasteiger partial charge in [-0.25, -0.2) is 4.79 Å². The van der Waals surface area contributed by atoms with Gasteiger partial charge in [-0.05, 0) is 31.5 Å². The van der Waals surface area contributed by atoms with Gasteiger partial charge >= 0.3 is 6.03 Å². The van der Waals surface area contributed by atoms with Crippen molar-refractivity contribution >= 4 is 17.6 Å². The lowest BCUT2D eigenvalue weighted by atomic mass is 10.1. The van der Waals surface area contributed by atoms with Gasteiger partial charge in [-0.1, -0.05) is 6.07 Å². The summed E-state index contributed by atoms with van der Waals surface area (Å²) in [4.78, 5) is 26.2. The zero-order chi connectivity index (χ0) is 17.4. The van der Waals surface area contributed by atoms with Gasteiger partial charge in [0.05, 0.1) is 13.2 Å². The van der Waals surface area contributed by atoms with Gasteiger partial charge in [-0.2, -0.15) is 0 Å². The molecule has 1 saturated heterocycles. The number of hydrogen-bond donors (Lipinski definition) is 3. The molecule has 0 spiro atoms. The van der Waals surface area contributed by atoms with Crippen LogP contribution in [0.15, 0.2) is 18.2 Å². The van der Waals surface area contributed by atoms with E-state index in [2.05, 4.69) is 20.9 Å². The SMILES string of the molecule is CCNC(=O)c1ccc(C)c(NC(=O)NCCN2CCOCC2)c1. The molecule has 0 aliphatic carbocycles. The summed E-state index contributed by atoms with van der Waals surface area (Å²) in [6.07, 6.45) is 0. The van der Waals surface area contributed by atoms with Crippen molar-refractivity contribution in [1.29, 1.82) is 0 Å². The maximum atomic E-state index is 12.0. The van der Waals surface area contributed by atoms with Crippen molar-refractivity contribution in [3.63, 3.8) is 0 Å². The predicted octanol–water partition coefficient (Wildman–Crippen LogP) is 1.20. The van der Waals surface area contributed by atoms with Crippen molar-refractivity contribution in [2.45, 2.75) is 13.8 Å². The molecule has 0 unspecified atom stereocenters. The Hall–Kier alpha value is -2.12. The topological polar surface area (TPSA) is 82.7 Å². The van der Waals surface area contributed by atoms with Crippen LogP contribution in [0, 0.1) is 6.92 Å². The van der Waals surface area contributed by atoms with Crippen LogP contribution in [0.2, 0.25) is 0 Å². The van der Waals surface area contributed by atoms with Crippen LogP contribution in [0.25, 0.3) is 0 Å². The smallest absolute Gasteiger partial charge is 0.319 e. The number of hydrogen-bond acceptors (Lipinski definition) is 4. The number of benzene rings is 1. The first-order valence-corrected chi connectivity index (χ1v) is 8.34. The summed E-state index contributed by atoms with van der Waals surface area (Å²) in [6.45, 7) is 9.00. The number of amides is 3. The first-order valence-electron chi connectivity index (χ1n) is 8.34. The molecule has 3 N–H and O–H groups in total. The quantitative estimate of drug-likeness (QED) is 0.730. The molecule has 0 saturated carbocycles. The Kier molecular flexibility index (Phi) is 7.02. The van der Waals surface area contributed by atoms with Gasteiger partial charge in [0.15, 0.2) is 0 Å². The predicted molar refractivity (Wildman–Crippen MR) is 93.5 cm³/mol. The third-order valence-electron chi connectivity index (χ3n) is 3.90. The van der Waals surface area contributed by atoms with Crippen molar-refractivity contribution in [3.05, 3.63) is 29.3 Å². The van der Waals surface area contributed by atoms with Crippen LogP contribution in [0.1, 0.15) is 22.8 Å². The molecule has 1 aromatic carbocycles. The second-order valence-electron chi connectivity index (χ2n) is 5.72. The summed E-state index contributed by atoms with van der Waals surface area (Å²) in [5.41, 5.74) is 2.08. The van der Waals surface area contributed by atoms with Crippen LogP contribution in [-0.2, 0) is 4.74 Å². The molecule has 1 heterocycles. The van der Waals surface area contributed by atoms with Crippen LogP contribution in [0.3, 0.4) is 0 Å². The molecular formula is C17H26N4O3. The zero-order valence-corrected chi connectivity index (χ0v) is 14.4. The van der Waals surface area contributed by atoms with E-state index in [1.807, 2.05) is 19.9 Å². The number of aryl methyl sites for hydroxylation is 1. The molecule has 7 nitrogen and oxygen atoms in total. The summed E-state index contributed by atoms with van der Waals surface area (Å²) in [5, 5.41) is 8.41. The third kappa shape index (κ3) is 5.50. The standard InChI is InChI=1S/C17H26N4O3/c1-3-18-16(22)14-5-4-13(2)15(12-14)20-17(23)19-6-7-21-8-10-24-11-9-21/h4-5,12H,3,6-11H2,1-2H3,(H,18,22)(H2,19,20,23). The van der Waals surface area contributed by atoms with E-state index in [-0.39, 0.29) is 11.9 Å². The van der Waals surface area contributed by atoms with Crippen LogP contribution in [-0.4, -0.2) is 62.8 Å². The Bertz CT molecular complexity index is 571. The van der Waals surface area contributed by atoms with Crippen molar-refractivity contribution in [3.8, 4) is 0 Å². The maximum absolute atomic E-state index is 12.0. The van der Waals surface area contributed by atoms with E-state index in [4.69, 9.17) is 4.74 Å². The lowest BCUT2D eigenvalue weighted by Crippen LogP contribution is -2.42. The van der Waals surface area contributed by atoms with Crippen molar-refractivity contribution in [2.75, 3.05) is 51.3 Å². The number of ether oxygens (including phenoxy) is 1. The van der Waals surface area contributed by atoms with Crippen molar-refractivity contribution in [2.24, 2.45) is 0 Å². The minimum Gasteiger partial charge on any atom is -0.379 e. The second-order valence-corrected chi connectivity index (χ2v) is 5.72. The Morgan fingerprint density at radius 3 is 2.67 bits per heavy atom. The molecule has 24 heavy (non-hydrogen) atoms. The Morgan fingerprint density at radius 1 is 1.21 bits per heavy atom. The van der Waals surface area contributed by atoms with Gasteiger partial charge in [0.25, 0.3) is 5.91 Å². The van der Waals surface area contributed by atoms with E-state index in [0.29, 0.717) is 24.3 Å². The summed E-state index contributed by atoms with van der Waals surface area (Å²) < 4.78 is 5.29. The number of carbonyl (C=O) groups is 2. The van der Waals surface area contributed by atoms with Crippen LogP contribution >= 0.6 is 0 Å². The number of carbonyl (C=O) groups excluding carboxylic acids is 2. The van der Waals surface area contributed by atoms with Gasteiger partial charge in [-0.15, -0.1) is 0 Å². The van der Waals surface area contributed by atoms with Gasteiger partial charge in [0.2, 0.25) is 0 Å². The molecule has 0 bridgehead atoms. The molecule has 1 aliphatic rings. The minimum atomic E-state index is -0.264. The average molecular weight is 334 g/mol. The fraction of sp³-hybridized carbons (Fsp3) is 0.529. The Morgan fingerprint density at radius 2 is 1.96 bits per heavy atom. The van der Waals surface area contributed by atoms with E-state index >= 15 is 0 Å². The molecular weight excluding hydrogens is 308 g/mol. The number of morpholine rings is 1. The highest BCUT2D eigenvalue weighted by Crippen LogP contribution is 2.16. The van der Waals surface area contributed by atoms with Crippen LogP contribution in [0.5, 0.6) is 0 Å². The lowest BCUT2D eigenvalue weighted by molar-refractivity contribution is 0.0388. The number of anilines is 1. The van der Waals surface area contributed by atoms with Gasteiger partial charge < -0.3 is 20.7 Å². The normalized spacial score (nSPS) is 14.9. The molecule has 2 rings (SSSR count). The molecule has 7 heteroatoms. The van der Waals surface area contributed by atoms with Gasteiger partial charge in [0, 0.05) is 44.0 Å². The number of nitrogens with zero attached hydrogens (tertiary/aromatic N) is 1. The third-order valence-corrected chi connectivity index (χ3v) is 3.90. The highest BCUT2D eigenvalue weighted by molar-refractivity contribution is 5.97. The van der Waals surface area contributed by atoms with E-state index in [0.717, 1.165) is 38.4 Å². The first-order chi connectivity index (χ1) is 11.6. The summed E-state index contributed by atoms with van der Waals surface area (Å²) >= 11 is 0. The number of urea groups is 1. The fourth-order valence-electron chi connectivity index (χ4n) is 2.48. The summed E-state index contributed by atoms with van der Waals surface area (Å²) in [6, 6.07) is 5.01. The van der Waals surface area contributed by atoms with Gasteiger partial charge in [-0.3, -0.25) is 9.69 Å². The average Bonchev–Trinajstić information content (AvgIpc) is 2.58. The number of rotatable bonds is 6. The minimum absolute atomic E-state index is 0.145. The molecule has 1 aromatic rings. The molecule has 1 aliphatic heterocycles. The van der Waals surface area contributed by atoms with Crippen molar-refractivity contribution in [1.82, 2.24) is 15.5 Å². The molecule has 0 radical (unpaired) electrons. The van der Waals surface area contributed by atoms with E-state index in [1.165, 1.54) is 0 Å². The van der Waals surface area contributed by atoms with Crippen molar-refractivity contribution < 1.29 is 14.3 Å².